The highest BCUT2D eigenvalue weighted by atomic mass is 35.5. The number of hydrogen-bond donors (Lipinski definition) is 5. The van der Waals surface area contributed by atoms with Crippen LogP contribution in [0.3, 0.4) is 0 Å². The molecule has 222 valence electrons. The van der Waals surface area contributed by atoms with Gasteiger partial charge in [-0.05, 0) is 36.8 Å². The first kappa shape index (κ1) is 31.9. The molecule has 0 heterocycles. The number of carbonyl (C=O) groups is 3. The number of anilines is 1. The Morgan fingerprint density at radius 1 is 1.00 bits per heavy atom. The highest BCUT2D eigenvalue weighted by molar-refractivity contribution is 7.93. The minimum Gasteiger partial charge on any atom is -0.483 e. The maximum absolute atomic E-state index is 13.6. The van der Waals surface area contributed by atoms with E-state index in [1.807, 2.05) is 0 Å². The summed E-state index contributed by atoms with van der Waals surface area (Å²) in [5.74, 6) is -0.997. The SMILES string of the molecule is CNC(=O)COc1cc(C(=N)N)ccc1CNC(=O)c1cc(Cl)cc(N(C(=O)NC)S(=O)(=O)C(C)c2ccccc2)c1. The van der Waals surface area contributed by atoms with E-state index in [9.17, 15) is 22.8 Å². The van der Waals surface area contributed by atoms with Crippen molar-refractivity contribution in [1.82, 2.24) is 16.0 Å². The zero-order valence-corrected chi connectivity index (χ0v) is 24.7. The summed E-state index contributed by atoms with van der Waals surface area (Å²) in [5, 5.41) is 14.0. The van der Waals surface area contributed by atoms with E-state index in [0.717, 1.165) is 0 Å². The van der Waals surface area contributed by atoms with Crippen LogP contribution in [0.1, 0.15) is 39.2 Å². The molecule has 0 aliphatic carbocycles. The van der Waals surface area contributed by atoms with E-state index < -0.39 is 27.2 Å². The predicted octanol–water partition coefficient (Wildman–Crippen LogP) is 2.92. The molecule has 1 atom stereocenters. The number of halogens is 1. The number of sulfonamides is 1. The van der Waals surface area contributed by atoms with Crippen molar-refractivity contribution in [3.8, 4) is 5.75 Å². The van der Waals surface area contributed by atoms with E-state index in [1.165, 1.54) is 45.3 Å². The van der Waals surface area contributed by atoms with Gasteiger partial charge in [-0.3, -0.25) is 15.0 Å². The second-order valence-electron chi connectivity index (χ2n) is 9.00. The number of nitrogens with zero attached hydrogens (tertiary/aromatic N) is 1. The minimum absolute atomic E-state index is 0.0119. The quantitative estimate of drug-likeness (QED) is 0.162. The largest absolute Gasteiger partial charge is 0.483 e. The van der Waals surface area contributed by atoms with Crippen molar-refractivity contribution in [3.05, 3.63) is 94.0 Å². The van der Waals surface area contributed by atoms with Crippen LogP contribution in [-0.4, -0.2) is 52.8 Å². The number of carbonyl (C=O) groups excluding carboxylic acids is 3. The lowest BCUT2D eigenvalue weighted by Gasteiger charge is -2.26. The molecule has 1 unspecified atom stereocenters. The van der Waals surface area contributed by atoms with E-state index >= 15 is 0 Å². The maximum atomic E-state index is 13.6. The molecule has 3 aromatic carbocycles. The number of benzene rings is 3. The van der Waals surface area contributed by atoms with Gasteiger partial charge in [0.25, 0.3) is 11.8 Å². The molecule has 0 aliphatic heterocycles. The van der Waals surface area contributed by atoms with Crippen LogP contribution >= 0.6 is 11.6 Å². The molecular weight excluding hydrogens is 584 g/mol. The van der Waals surface area contributed by atoms with Crippen molar-refractivity contribution in [2.75, 3.05) is 25.0 Å². The van der Waals surface area contributed by atoms with E-state index in [1.54, 1.807) is 42.5 Å². The molecule has 0 fully saturated rings. The Morgan fingerprint density at radius 3 is 2.31 bits per heavy atom. The number of nitrogens with two attached hydrogens (primary N) is 1. The lowest BCUT2D eigenvalue weighted by atomic mass is 10.1. The van der Waals surface area contributed by atoms with Crippen molar-refractivity contribution >= 4 is 51.0 Å². The number of urea groups is 1. The van der Waals surface area contributed by atoms with Crippen molar-refractivity contribution in [3.63, 3.8) is 0 Å². The normalized spacial score (nSPS) is 11.6. The Bertz CT molecular complexity index is 1600. The average Bonchev–Trinajstić information content (AvgIpc) is 2.98. The zero-order chi connectivity index (χ0) is 31.0. The van der Waals surface area contributed by atoms with Crippen LogP contribution in [0, 0.1) is 5.41 Å². The third-order valence-electron chi connectivity index (χ3n) is 6.20. The lowest BCUT2D eigenvalue weighted by Crippen LogP contribution is -2.44. The standard InChI is InChI=1S/C28H31ClN6O6S/c1-17(18-7-5-4-6-8-18)42(39,40)35(28(38)33-3)23-12-21(11-22(29)14-23)27(37)34-15-20-10-9-19(26(30)31)13-24(20)41-16-25(36)32-2/h4-14,17H,15-16H2,1-3H3,(H3,30,31)(H,32,36)(H,33,38)(H,34,37). The molecule has 42 heavy (non-hydrogen) atoms. The van der Waals surface area contributed by atoms with Crippen LogP contribution in [0.2, 0.25) is 5.02 Å². The van der Waals surface area contributed by atoms with Gasteiger partial charge in [-0.1, -0.05) is 54.1 Å². The van der Waals surface area contributed by atoms with E-state index in [-0.39, 0.29) is 46.9 Å². The fraction of sp³-hybridized carbons (Fsp3) is 0.214. The summed E-state index contributed by atoms with van der Waals surface area (Å²) in [4.78, 5) is 37.7. The summed E-state index contributed by atoms with van der Waals surface area (Å²) in [5.41, 5.74) is 6.73. The molecule has 3 rings (SSSR count). The summed E-state index contributed by atoms with van der Waals surface area (Å²) in [6, 6.07) is 15.9. The Labute approximate surface area is 248 Å². The van der Waals surface area contributed by atoms with Crippen LogP contribution in [0.5, 0.6) is 5.75 Å². The van der Waals surface area contributed by atoms with Crippen LogP contribution in [0.4, 0.5) is 10.5 Å². The summed E-state index contributed by atoms with van der Waals surface area (Å²) >= 11 is 6.28. The number of nitrogen functional groups attached to an aromatic ring is 1. The van der Waals surface area contributed by atoms with Crippen LogP contribution in [-0.2, 0) is 21.4 Å². The second kappa shape index (κ2) is 13.8. The predicted molar refractivity (Wildman–Crippen MR) is 160 cm³/mol. The van der Waals surface area contributed by atoms with Gasteiger partial charge in [0.2, 0.25) is 10.0 Å². The lowest BCUT2D eigenvalue weighted by molar-refractivity contribution is -0.122. The molecule has 3 aromatic rings. The molecule has 14 heteroatoms. The third-order valence-corrected chi connectivity index (χ3v) is 8.47. The molecule has 0 saturated heterocycles. The maximum Gasteiger partial charge on any atom is 0.335 e. The fourth-order valence-corrected chi connectivity index (χ4v) is 5.62. The summed E-state index contributed by atoms with van der Waals surface area (Å²) in [7, 11) is -1.57. The van der Waals surface area contributed by atoms with Gasteiger partial charge in [-0.25, -0.2) is 13.2 Å². The van der Waals surface area contributed by atoms with Gasteiger partial charge < -0.3 is 26.4 Å². The number of nitrogens with one attached hydrogen (secondary N) is 4. The number of hydrogen-bond acceptors (Lipinski definition) is 7. The zero-order valence-electron chi connectivity index (χ0n) is 23.1. The third kappa shape index (κ3) is 7.56. The van der Waals surface area contributed by atoms with Gasteiger partial charge in [0.05, 0.1) is 5.69 Å². The Kier molecular flexibility index (Phi) is 10.5. The molecule has 4 amide bonds. The van der Waals surface area contributed by atoms with E-state index in [4.69, 9.17) is 27.5 Å². The van der Waals surface area contributed by atoms with Crippen molar-refractivity contribution in [1.29, 1.82) is 5.41 Å². The van der Waals surface area contributed by atoms with Gasteiger partial charge in [-0.2, -0.15) is 4.31 Å². The Hall–Kier alpha value is -4.62. The summed E-state index contributed by atoms with van der Waals surface area (Å²) in [6.45, 7) is 1.09. The highest BCUT2D eigenvalue weighted by Gasteiger charge is 2.35. The number of rotatable bonds is 11. The van der Waals surface area contributed by atoms with Gasteiger partial charge in [0.1, 0.15) is 16.8 Å². The monoisotopic (exact) mass is 614 g/mol. The molecule has 0 spiro atoms. The Morgan fingerprint density at radius 2 is 1.69 bits per heavy atom. The smallest absolute Gasteiger partial charge is 0.335 e. The van der Waals surface area contributed by atoms with Crippen molar-refractivity contribution in [2.45, 2.75) is 18.7 Å². The average molecular weight is 615 g/mol. The minimum atomic E-state index is -4.31. The first-order chi connectivity index (χ1) is 19.9. The Balaban J connectivity index is 1.92. The number of likely N-dealkylation sites (N-methyl/N-ethyl adjacent to an activating group) is 1. The molecule has 0 aromatic heterocycles. The highest BCUT2D eigenvalue weighted by Crippen LogP contribution is 2.32. The van der Waals surface area contributed by atoms with Crippen LogP contribution in [0.15, 0.2) is 66.7 Å². The number of amidine groups is 1. The second-order valence-corrected chi connectivity index (χ2v) is 11.5. The topological polar surface area (TPSA) is 184 Å². The number of ether oxygens (including phenoxy) is 1. The molecule has 0 radical (unpaired) electrons. The first-order valence-electron chi connectivity index (χ1n) is 12.6. The van der Waals surface area contributed by atoms with Gasteiger partial charge >= 0.3 is 6.03 Å². The summed E-state index contributed by atoms with van der Waals surface area (Å²) < 4.78 is 33.4. The fourth-order valence-electron chi connectivity index (χ4n) is 3.85. The molecular formula is C28H31ClN6O6S. The molecule has 12 nitrogen and oxygen atoms in total. The van der Waals surface area contributed by atoms with Gasteiger partial charge in [0.15, 0.2) is 6.61 Å². The molecule has 0 saturated carbocycles. The molecule has 6 N–H and O–H groups in total. The summed E-state index contributed by atoms with van der Waals surface area (Å²) in [6.07, 6.45) is 0. The van der Waals surface area contributed by atoms with Crippen molar-refractivity contribution < 1.29 is 27.5 Å². The van der Waals surface area contributed by atoms with E-state index in [0.29, 0.717) is 21.0 Å². The van der Waals surface area contributed by atoms with Gasteiger partial charge in [-0.15, -0.1) is 0 Å². The number of amides is 4. The van der Waals surface area contributed by atoms with Crippen LogP contribution < -0.4 is 30.7 Å². The van der Waals surface area contributed by atoms with Crippen molar-refractivity contribution in [2.24, 2.45) is 5.73 Å². The molecule has 0 aliphatic rings. The van der Waals surface area contributed by atoms with Gasteiger partial charge in [0, 0.05) is 42.4 Å². The molecule has 0 bridgehead atoms. The van der Waals surface area contributed by atoms with E-state index in [2.05, 4.69) is 16.0 Å². The van der Waals surface area contributed by atoms with Crippen LogP contribution in [0.25, 0.3) is 0 Å². The first-order valence-corrected chi connectivity index (χ1v) is 14.5.